The first-order valence-electron chi connectivity index (χ1n) is 4.51. The van der Waals surface area contributed by atoms with E-state index in [0.717, 1.165) is 0 Å². The molecule has 0 bridgehead atoms. The maximum atomic E-state index is 10.1. The normalized spacial score (nSPS) is 49.3. The molecule has 14 heavy (non-hydrogen) atoms. The highest BCUT2D eigenvalue weighted by molar-refractivity contribution is 5.01. The third kappa shape index (κ3) is 1.66. The first kappa shape index (κ1) is 11.9. The van der Waals surface area contributed by atoms with Crippen molar-refractivity contribution in [3.8, 4) is 0 Å². The fourth-order valence-corrected chi connectivity index (χ4v) is 1.68. The second kappa shape index (κ2) is 3.75. The molecule has 1 aliphatic rings. The zero-order chi connectivity index (χ0) is 11.0. The molecule has 1 fully saturated rings. The lowest BCUT2D eigenvalue weighted by molar-refractivity contribution is -0.357. The molecule has 1 rings (SSSR count). The summed E-state index contributed by atoms with van der Waals surface area (Å²) in [5.41, 5.74) is -1.50. The van der Waals surface area contributed by atoms with Gasteiger partial charge in [0.1, 0.15) is 17.8 Å². The molecule has 0 aliphatic carbocycles. The second-order valence-electron chi connectivity index (χ2n) is 3.87. The van der Waals surface area contributed by atoms with Gasteiger partial charge in [-0.15, -0.1) is 0 Å². The quantitative estimate of drug-likeness (QED) is 0.638. The van der Waals surface area contributed by atoms with Crippen molar-refractivity contribution < 1.29 is 24.4 Å². The largest absolute Gasteiger partial charge is 0.382 e. The van der Waals surface area contributed by atoms with Crippen molar-refractivity contribution in [3.63, 3.8) is 0 Å². The van der Waals surface area contributed by atoms with Gasteiger partial charge in [-0.25, -0.2) is 0 Å². The van der Waals surface area contributed by atoms with Crippen molar-refractivity contribution >= 4 is 0 Å². The van der Waals surface area contributed by atoms with Crippen LogP contribution in [0.25, 0.3) is 0 Å². The van der Waals surface area contributed by atoms with E-state index >= 15 is 0 Å². The van der Waals surface area contributed by atoms with Gasteiger partial charge in [-0.1, -0.05) is 0 Å². The van der Waals surface area contributed by atoms with Crippen LogP contribution in [-0.2, 0) is 14.2 Å². The average Bonchev–Trinajstić information content (AvgIpc) is 2.09. The Kier molecular flexibility index (Phi) is 3.18. The molecular formula is C9H18O5. The van der Waals surface area contributed by atoms with E-state index in [1.807, 2.05) is 0 Å². The van der Waals surface area contributed by atoms with Crippen molar-refractivity contribution in [3.05, 3.63) is 0 Å². The molecule has 2 N–H and O–H groups in total. The van der Waals surface area contributed by atoms with Crippen molar-refractivity contribution in [1.82, 2.24) is 0 Å². The van der Waals surface area contributed by atoms with E-state index in [4.69, 9.17) is 14.2 Å². The Morgan fingerprint density at radius 1 is 1.21 bits per heavy atom. The Labute approximate surface area is 83.6 Å². The highest BCUT2D eigenvalue weighted by Crippen LogP contribution is 2.35. The van der Waals surface area contributed by atoms with Gasteiger partial charge < -0.3 is 24.4 Å². The molecule has 0 aromatic heterocycles. The summed E-state index contributed by atoms with van der Waals surface area (Å²) in [6.45, 7) is 3.06. The standard InChI is InChI=1S/C9H18O5/c1-8(10)7(13-4)6(12-3)5-14-9(8,2)11/h6-7,10-11H,5H2,1-4H3/t6-,7+,8-,9?/m1/s1. The monoisotopic (exact) mass is 206 g/mol. The summed E-state index contributed by atoms with van der Waals surface area (Å²) in [7, 11) is 2.97. The summed E-state index contributed by atoms with van der Waals surface area (Å²) < 4.78 is 15.3. The summed E-state index contributed by atoms with van der Waals surface area (Å²) in [4.78, 5) is 0. The summed E-state index contributed by atoms with van der Waals surface area (Å²) >= 11 is 0. The molecule has 0 aromatic carbocycles. The van der Waals surface area contributed by atoms with E-state index in [9.17, 15) is 10.2 Å². The topological polar surface area (TPSA) is 68.2 Å². The predicted octanol–water partition coefficient (Wildman–Crippen LogP) is -0.494. The van der Waals surface area contributed by atoms with Gasteiger partial charge in [0.2, 0.25) is 0 Å². The van der Waals surface area contributed by atoms with Crippen molar-refractivity contribution in [1.29, 1.82) is 0 Å². The minimum atomic E-state index is -1.62. The van der Waals surface area contributed by atoms with Gasteiger partial charge in [0.25, 0.3) is 0 Å². The minimum absolute atomic E-state index is 0.193. The first-order valence-corrected chi connectivity index (χ1v) is 4.51. The van der Waals surface area contributed by atoms with E-state index in [1.54, 1.807) is 0 Å². The number of rotatable bonds is 2. The zero-order valence-corrected chi connectivity index (χ0v) is 8.98. The fraction of sp³-hybridized carbons (Fsp3) is 1.00. The number of hydrogen-bond donors (Lipinski definition) is 2. The second-order valence-corrected chi connectivity index (χ2v) is 3.87. The van der Waals surface area contributed by atoms with Crippen LogP contribution >= 0.6 is 0 Å². The molecule has 5 nitrogen and oxygen atoms in total. The van der Waals surface area contributed by atoms with Crippen molar-refractivity contribution in [2.24, 2.45) is 0 Å². The molecule has 0 amide bonds. The van der Waals surface area contributed by atoms with Crippen LogP contribution in [0.4, 0.5) is 0 Å². The molecule has 1 heterocycles. The van der Waals surface area contributed by atoms with Gasteiger partial charge in [0, 0.05) is 14.2 Å². The number of hydrogen-bond acceptors (Lipinski definition) is 5. The highest BCUT2D eigenvalue weighted by Gasteiger charge is 2.56. The highest BCUT2D eigenvalue weighted by atomic mass is 16.7. The van der Waals surface area contributed by atoms with E-state index in [1.165, 1.54) is 28.1 Å². The van der Waals surface area contributed by atoms with Crippen LogP contribution in [0.3, 0.4) is 0 Å². The summed E-state index contributed by atoms with van der Waals surface area (Å²) in [6, 6.07) is 0. The molecule has 4 atom stereocenters. The lowest BCUT2D eigenvalue weighted by atomic mass is 9.84. The predicted molar refractivity (Wildman–Crippen MR) is 48.8 cm³/mol. The van der Waals surface area contributed by atoms with Gasteiger partial charge in [0.05, 0.1) is 6.61 Å². The Morgan fingerprint density at radius 3 is 2.21 bits per heavy atom. The zero-order valence-electron chi connectivity index (χ0n) is 8.98. The molecule has 0 saturated carbocycles. The van der Waals surface area contributed by atoms with Gasteiger partial charge in [-0.3, -0.25) is 0 Å². The van der Waals surface area contributed by atoms with E-state index in [2.05, 4.69) is 0 Å². The SMILES string of the molecule is CO[C@@H]1COC(C)(O)[C@](C)(O)[C@H]1OC. The Morgan fingerprint density at radius 2 is 1.79 bits per heavy atom. The lowest BCUT2D eigenvalue weighted by Gasteiger charge is -2.49. The van der Waals surface area contributed by atoms with E-state index in [-0.39, 0.29) is 12.7 Å². The lowest BCUT2D eigenvalue weighted by Crippen LogP contribution is -2.68. The molecule has 1 aliphatic heterocycles. The number of ether oxygens (including phenoxy) is 3. The van der Waals surface area contributed by atoms with Gasteiger partial charge in [-0.05, 0) is 13.8 Å². The van der Waals surface area contributed by atoms with Gasteiger partial charge in [-0.2, -0.15) is 0 Å². The first-order chi connectivity index (χ1) is 6.36. The molecule has 0 spiro atoms. The molecule has 1 unspecified atom stereocenters. The fourth-order valence-electron chi connectivity index (χ4n) is 1.68. The van der Waals surface area contributed by atoms with E-state index < -0.39 is 17.5 Å². The smallest absolute Gasteiger partial charge is 0.194 e. The van der Waals surface area contributed by atoms with E-state index in [0.29, 0.717) is 0 Å². The molecular weight excluding hydrogens is 188 g/mol. The summed E-state index contributed by atoms with van der Waals surface area (Å²) in [5, 5.41) is 19.9. The van der Waals surface area contributed by atoms with Crippen molar-refractivity contribution in [2.75, 3.05) is 20.8 Å². The molecule has 1 saturated heterocycles. The van der Waals surface area contributed by atoms with Crippen LogP contribution in [0.15, 0.2) is 0 Å². The van der Waals surface area contributed by atoms with Gasteiger partial charge in [0.15, 0.2) is 5.79 Å². The van der Waals surface area contributed by atoms with Gasteiger partial charge >= 0.3 is 0 Å². The number of methoxy groups -OCH3 is 2. The molecule has 5 heteroatoms. The van der Waals surface area contributed by atoms with Crippen LogP contribution in [0, 0.1) is 0 Å². The maximum Gasteiger partial charge on any atom is 0.194 e. The Hall–Kier alpha value is -0.200. The van der Waals surface area contributed by atoms with Crippen molar-refractivity contribution in [2.45, 2.75) is 37.4 Å². The third-order valence-corrected chi connectivity index (χ3v) is 2.92. The molecule has 0 aromatic rings. The molecule has 0 radical (unpaired) electrons. The van der Waals surface area contributed by atoms with Crippen LogP contribution in [-0.4, -0.2) is 54.6 Å². The van der Waals surface area contributed by atoms with Crippen LogP contribution in [0.1, 0.15) is 13.8 Å². The summed E-state index contributed by atoms with van der Waals surface area (Å²) in [5.74, 6) is -1.62. The third-order valence-electron chi connectivity index (χ3n) is 2.92. The van der Waals surface area contributed by atoms with Crippen LogP contribution in [0.2, 0.25) is 0 Å². The Balaban J connectivity index is 2.92. The average molecular weight is 206 g/mol. The maximum absolute atomic E-state index is 10.1. The van der Waals surface area contributed by atoms with Crippen LogP contribution < -0.4 is 0 Å². The minimum Gasteiger partial charge on any atom is -0.382 e. The Bertz CT molecular complexity index is 201. The number of aliphatic hydroxyl groups is 2. The molecule has 84 valence electrons. The summed E-state index contributed by atoms with van der Waals surface area (Å²) in [6.07, 6.45) is -0.994. The van der Waals surface area contributed by atoms with Crippen LogP contribution in [0.5, 0.6) is 0 Å².